The second-order valence-electron chi connectivity index (χ2n) is 11.6. The Balaban J connectivity index is 1.81. The quantitative estimate of drug-likeness (QED) is 0.0910. The first-order chi connectivity index (χ1) is 19.7. The van der Waals surface area contributed by atoms with Crippen molar-refractivity contribution in [2.45, 2.75) is 47.0 Å². The first-order valence-electron chi connectivity index (χ1n) is 14.2. The lowest BCUT2D eigenvalue weighted by Gasteiger charge is -2.25. The van der Waals surface area contributed by atoms with Gasteiger partial charge in [0.15, 0.2) is 6.20 Å². The number of hydrogen-bond donors (Lipinski definition) is 0. The number of rotatable bonds is 5. The van der Waals surface area contributed by atoms with Crippen LogP contribution in [0.25, 0.3) is 5.57 Å². The maximum Gasteiger partial charge on any atom is 0.356 e. The minimum Gasteiger partial charge on any atom is -0.458 e. The normalized spacial score (nSPS) is 13.8. The van der Waals surface area contributed by atoms with Gasteiger partial charge in [-0.15, -0.1) is 0 Å². The lowest BCUT2D eigenvalue weighted by atomic mass is 9.50. The highest BCUT2D eigenvalue weighted by Crippen LogP contribution is 2.30. The van der Waals surface area contributed by atoms with E-state index in [0.29, 0.717) is 5.90 Å². The molecule has 0 amide bonds. The molecule has 206 valence electrons. The van der Waals surface area contributed by atoms with E-state index in [4.69, 9.17) is 14.4 Å². The van der Waals surface area contributed by atoms with Crippen LogP contribution in [0.4, 0.5) is 0 Å². The molecule has 0 radical (unpaired) electrons. The minimum absolute atomic E-state index is 0.0185. The van der Waals surface area contributed by atoms with E-state index < -0.39 is 0 Å². The molecule has 1 aliphatic rings. The Morgan fingerprint density at radius 2 is 1.51 bits per heavy atom. The third kappa shape index (κ3) is 5.90. The van der Waals surface area contributed by atoms with E-state index in [-0.39, 0.29) is 12.3 Å². The maximum atomic E-state index is 6.85. The fourth-order valence-electron chi connectivity index (χ4n) is 5.16. The number of fused-ring (bicyclic) bond motifs is 2. The number of ether oxygens (including phenoxy) is 2. The molecular formula is C36H38BN2O2+. The number of allylic oxidation sites excluding steroid dienone is 3. The highest BCUT2D eigenvalue weighted by Gasteiger charge is 2.34. The van der Waals surface area contributed by atoms with E-state index in [1.165, 1.54) is 5.56 Å². The van der Waals surface area contributed by atoms with Crippen LogP contribution in [0.15, 0.2) is 114 Å². The molecule has 0 unspecified atom stereocenters. The number of pyridine rings is 1. The van der Waals surface area contributed by atoms with Gasteiger partial charge in [0.05, 0.1) is 0 Å². The van der Waals surface area contributed by atoms with Crippen LogP contribution in [0.1, 0.15) is 51.4 Å². The largest absolute Gasteiger partial charge is 0.458 e. The summed E-state index contributed by atoms with van der Waals surface area (Å²) in [5.74, 6) is 2.96. The summed E-state index contributed by atoms with van der Waals surface area (Å²) in [6, 6.07) is 28.8. The molecule has 5 heteroatoms. The zero-order valence-corrected chi connectivity index (χ0v) is 25.1. The minimum atomic E-state index is -0.306. The van der Waals surface area contributed by atoms with Gasteiger partial charge in [0.25, 0.3) is 0 Å². The van der Waals surface area contributed by atoms with Crippen molar-refractivity contribution < 1.29 is 14.0 Å². The first kappa shape index (κ1) is 28.2. The van der Waals surface area contributed by atoms with Gasteiger partial charge in [0.1, 0.15) is 29.9 Å². The van der Waals surface area contributed by atoms with Gasteiger partial charge >= 0.3 is 6.85 Å². The summed E-state index contributed by atoms with van der Waals surface area (Å²) in [6.45, 7) is 12.6. The molecule has 0 spiro atoms. The van der Waals surface area contributed by atoms with E-state index in [1.54, 1.807) is 0 Å². The molecule has 0 saturated carbocycles. The smallest absolute Gasteiger partial charge is 0.356 e. The van der Waals surface area contributed by atoms with E-state index in [0.717, 1.165) is 50.6 Å². The molecule has 0 fully saturated rings. The Labute approximate surface area is 244 Å². The molecule has 41 heavy (non-hydrogen) atoms. The SMILES string of the molecule is C\C=C/C(C)=C(\C(=N\B1c2ccccc2Oc2ccccc21)Oc1ccccc1C)c1cc(C(C)(C)C)cc[n+]1C. The summed E-state index contributed by atoms with van der Waals surface area (Å²) in [5, 5.41) is 0. The molecule has 1 aromatic heterocycles. The third-order valence-electron chi connectivity index (χ3n) is 7.49. The number of aryl methyl sites for hydroxylation is 2. The van der Waals surface area contributed by atoms with Crippen molar-refractivity contribution in [1.82, 2.24) is 0 Å². The number of nitrogens with zero attached hydrogens (tertiary/aromatic N) is 2. The van der Waals surface area contributed by atoms with Crippen LogP contribution < -0.4 is 25.0 Å². The van der Waals surface area contributed by atoms with Gasteiger partial charge < -0.3 is 9.47 Å². The van der Waals surface area contributed by atoms with Crippen molar-refractivity contribution in [2.24, 2.45) is 12.0 Å². The molecule has 0 bridgehead atoms. The Morgan fingerprint density at radius 1 is 0.902 bits per heavy atom. The number of benzene rings is 3. The third-order valence-corrected chi connectivity index (χ3v) is 7.49. The topological polar surface area (TPSA) is 34.7 Å². The van der Waals surface area contributed by atoms with Crippen molar-refractivity contribution in [1.29, 1.82) is 0 Å². The summed E-state index contributed by atoms with van der Waals surface area (Å²) in [6.07, 6.45) is 6.32. The fraction of sp³-hybridized carbons (Fsp3) is 0.222. The van der Waals surface area contributed by atoms with Gasteiger partial charge in [-0.25, -0.2) is 4.57 Å². The number of aromatic nitrogens is 1. The highest BCUT2D eigenvalue weighted by atomic mass is 16.5. The van der Waals surface area contributed by atoms with Crippen LogP contribution in [0.3, 0.4) is 0 Å². The van der Waals surface area contributed by atoms with Crippen LogP contribution in [-0.2, 0) is 12.5 Å². The standard InChI is InChI=1S/C36H38BN2O2/c1-8-15-26(3)34(30-24-27(36(4,5)6)22-23-39(30)7)35(41-31-19-12-9-16-25(31)2)38-37-28-17-10-13-20-32(28)40-33-21-14-11-18-29(33)37/h8-24H,1-7H3/q+1/b15-8-,34-26-,38-35-. The van der Waals surface area contributed by atoms with Crippen LogP contribution in [0.2, 0.25) is 0 Å². The van der Waals surface area contributed by atoms with Gasteiger partial charge in [-0.3, -0.25) is 4.90 Å². The van der Waals surface area contributed by atoms with E-state index >= 15 is 0 Å². The molecule has 1 aliphatic heterocycles. The monoisotopic (exact) mass is 541 g/mol. The molecule has 0 aliphatic carbocycles. The summed E-state index contributed by atoms with van der Waals surface area (Å²) >= 11 is 0. The summed E-state index contributed by atoms with van der Waals surface area (Å²) in [5.41, 5.74) is 7.33. The molecule has 3 aromatic carbocycles. The van der Waals surface area contributed by atoms with Gasteiger partial charge in [0.2, 0.25) is 11.6 Å². The molecule has 0 atom stereocenters. The van der Waals surface area contributed by atoms with Crippen LogP contribution in [-0.4, -0.2) is 12.7 Å². The molecule has 4 aromatic rings. The lowest BCUT2D eigenvalue weighted by Crippen LogP contribution is -2.46. The summed E-state index contributed by atoms with van der Waals surface area (Å²) < 4.78 is 15.3. The van der Waals surface area contributed by atoms with Crippen LogP contribution >= 0.6 is 0 Å². The zero-order chi connectivity index (χ0) is 29.1. The highest BCUT2D eigenvalue weighted by molar-refractivity contribution is 6.86. The van der Waals surface area contributed by atoms with Gasteiger partial charge in [0, 0.05) is 12.1 Å². The van der Waals surface area contributed by atoms with Crippen molar-refractivity contribution in [2.75, 3.05) is 0 Å². The van der Waals surface area contributed by atoms with E-state index in [9.17, 15) is 0 Å². The number of para-hydroxylation sites is 3. The molecule has 4 nitrogen and oxygen atoms in total. The van der Waals surface area contributed by atoms with Crippen LogP contribution in [0.5, 0.6) is 17.2 Å². The zero-order valence-electron chi connectivity index (χ0n) is 25.1. The first-order valence-corrected chi connectivity index (χ1v) is 14.2. The molecule has 2 heterocycles. The second-order valence-corrected chi connectivity index (χ2v) is 11.6. The average molecular weight is 542 g/mol. The molecular weight excluding hydrogens is 503 g/mol. The molecule has 5 rings (SSSR count). The molecule has 0 saturated heterocycles. The van der Waals surface area contributed by atoms with E-state index in [1.807, 2.05) is 61.5 Å². The predicted octanol–water partition coefficient (Wildman–Crippen LogP) is 6.86. The maximum absolute atomic E-state index is 6.85. The summed E-state index contributed by atoms with van der Waals surface area (Å²) in [7, 11) is 2.08. The van der Waals surface area contributed by atoms with Crippen molar-refractivity contribution in [3.05, 3.63) is 126 Å². The Morgan fingerprint density at radius 3 is 2.12 bits per heavy atom. The summed E-state index contributed by atoms with van der Waals surface area (Å²) in [4.78, 5) is 5.48. The van der Waals surface area contributed by atoms with Crippen molar-refractivity contribution in [3.8, 4) is 17.2 Å². The van der Waals surface area contributed by atoms with Crippen molar-refractivity contribution >= 4 is 29.2 Å². The van der Waals surface area contributed by atoms with Crippen molar-refractivity contribution in [3.63, 3.8) is 0 Å². The fourth-order valence-corrected chi connectivity index (χ4v) is 5.16. The lowest BCUT2D eigenvalue weighted by molar-refractivity contribution is -0.673. The average Bonchev–Trinajstić information content (AvgIpc) is 2.94. The Kier molecular flexibility index (Phi) is 7.98. The van der Waals surface area contributed by atoms with Gasteiger partial charge in [-0.1, -0.05) is 87.5 Å². The van der Waals surface area contributed by atoms with Gasteiger partial charge in [-0.05, 0) is 72.0 Å². The predicted molar refractivity (Wildman–Crippen MR) is 171 cm³/mol. The Bertz CT molecular complexity index is 1630. The van der Waals surface area contributed by atoms with Gasteiger partial charge in [-0.2, -0.15) is 0 Å². The second kappa shape index (κ2) is 11.6. The number of hydrogen-bond acceptors (Lipinski definition) is 3. The van der Waals surface area contributed by atoms with Crippen LogP contribution in [0, 0.1) is 6.92 Å². The van der Waals surface area contributed by atoms with E-state index in [2.05, 4.69) is 94.9 Å². The molecule has 0 N–H and O–H groups in total. The Hall–Kier alpha value is -4.38.